The molecule has 3 atom stereocenters. The number of imide groups is 1. The second-order valence-electron chi connectivity index (χ2n) is 4.57. The summed E-state index contributed by atoms with van der Waals surface area (Å²) in [6, 6.07) is 0. The van der Waals surface area contributed by atoms with Gasteiger partial charge in [-0.1, -0.05) is 20.8 Å². The van der Waals surface area contributed by atoms with E-state index in [1.807, 2.05) is 0 Å². The molecule has 0 bridgehead atoms. The summed E-state index contributed by atoms with van der Waals surface area (Å²) in [6.45, 7) is 5.39. The first-order chi connectivity index (χ1) is 7.34. The maximum absolute atomic E-state index is 11.7. The molecule has 0 saturated carbocycles. The van der Waals surface area contributed by atoms with Crippen LogP contribution in [0.1, 0.15) is 27.2 Å². The van der Waals surface area contributed by atoms with Crippen LogP contribution in [0.3, 0.4) is 0 Å². The number of carboxylic acids is 1. The first-order valence-corrected chi connectivity index (χ1v) is 5.41. The van der Waals surface area contributed by atoms with E-state index >= 15 is 0 Å². The van der Waals surface area contributed by atoms with Gasteiger partial charge < -0.3 is 5.11 Å². The average molecular weight is 227 g/mol. The second kappa shape index (κ2) is 4.63. The molecule has 5 heteroatoms. The van der Waals surface area contributed by atoms with Gasteiger partial charge in [0.1, 0.15) is 0 Å². The SMILES string of the molecule is CC(CC(=O)O)CN1C(=O)C(C)C(C)C1=O. The van der Waals surface area contributed by atoms with Crippen molar-refractivity contribution in [2.24, 2.45) is 17.8 Å². The lowest BCUT2D eigenvalue weighted by Gasteiger charge is -2.18. The minimum Gasteiger partial charge on any atom is -0.481 e. The Balaban J connectivity index is 2.64. The number of hydrogen-bond donors (Lipinski definition) is 1. The predicted octanol–water partition coefficient (Wildman–Crippen LogP) is 0.738. The number of carbonyl (C=O) groups excluding carboxylic acids is 2. The molecule has 3 unspecified atom stereocenters. The van der Waals surface area contributed by atoms with Gasteiger partial charge in [0.25, 0.3) is 0 Å². The number of aliphatic carboxylic acids is 1. The second-order valence-corrected chi connectivity index (χ2v) is 4.57. The zero-order valence-electron chi connectivity index (χ0n) is 9.77. The molecule has 5 nitrogen and oxygen atoms in total. The van der Waals surface area contributed by atoms with Gasteiger partial charge in [-0.15, -0.1) is 0 Å². The summed E-state index contributed by atoms with van der Waals surface area (Å²) in [4.78, 5) is 35.1. The van der Waals surface area contributed by atoms with E-state index in [4.69, 9.17) is 5.11 Å². The third-order valence-corrected chi connectivity index (χ3v) is 3.08. The largest absolute Gasteiger partial charge is 0.481 e. The number of amides is 2. The highest BCUT2D eigenvalue weighted by Gasteiger charge is 2.42. The van der Waals surface area contributed by atoms with Crippen LogP contribution in [0.25, 0.3) is 0 Å². The van der Waals surface area contributed by atoms with Crippen molar-refractivity contribution in [1.82, 2.24) is 4.90 Å². The summed E-state index contributed by atoms with van der Waals surface area (Å²) in [5.41, 5.74) is 0. The Morgan fingerprint density at radius 3 is 2.12 bits per heavy atom. The highest BCUT2D eigenvalue weighted by atomic mass is 16.4. The van der Waals surface area contributed by atoms with E-state index in [0.717, 1.165) is 0 Å². The molecular formula is C11H17NO4. The fraction of sp³-hybridized carbons (Fsp3) is 0.727. The Morgan fingerprint density at radius 2 is 1.75 bits per heavy atom. The van der Waals surface area contributed by atoms with Crippen LogP contribution in [0.5, 0.6) is 0 Å². The Morgan fingerprint density at radius 1 is 1.31 bits per heavy atom. The summed E-state index contributed by atoms with van der Waals surface area (Å²) in [7, 11) is 0. The number of nitrogens with zero attached hydrogens (tertiary/aromatic N) is 1. The number of carbonyl (C=O) groups is 3. The summed E-state index contributed by atoms with van der Waals surface area (Å²) < 4.78 is 0. The van der Waals surface area contributed by atoms with Gasteiger partial charge in [0, 0.05) is 24.8 Å². The zero-order valence-corrected chi connectivity index (χ0v) is 9.77. The normalized spacial score (nSPS) is 27.3. The number of hydrogen-bond acceptors (Lipinski definition) is 3. The third kappa shape index (κ3) is 2.40. The van der Waals surface area contributed by atoms with Crippen LogP contribution >= 0.6 is 0 Å². The molecule has 0 spiro atoms. The molecule has 1 aliphatic heterocycles. The molecule has 0 aromatic heterocycles. The fourth-order valence-electron chi connectivity index (χ4n) is 1.88. The predicted molar refractivity (Wildman–Crippen MR) is 56.5 cm³/mol. The van der Waals surface area contributed by atoms with Gasteiger partial charge in [0.15, 0.2) is 0 Å². The van der Waals surface area contributed by atoms with Crippen molar-refractivity contribution < 1.29 is 19.5 Å². The maximum Gasteiger partial charge on any atom is 0.303 e. The van der Waals surface area contributed by atoms with E-state index in [-0.39, 0.29) is 42.5 Å². The molecule has 2 amide bonds. The summed E-state index contributed by atoms with van der Waals surface area (Å²) in [5.74, 6) is -2.06. The van der Waals surface area contributed by atoms with Crippen molar-refractivity contribution >= 4 is 17.8 Å². The smallest absolute Gasteiger partial charge is 0.303 e. The Kier molecular flexibility index (Phi) is 3.67. The standard InChI is InChI=1S/C11H17NO4/c1-6(4-9(13)14)5-12-10(15)7(2)8(3)11(12)16/h6-8H,4-5H2,1-3H3,(H,13,14). The summed E-state index contributed by atoms with van der Waals surface area (Å²) >= 11 is 0. The van der Waals surface area contributed by atoms with Crippen LogP contribution < -0.4 is 0 Å². The van der Waals surface area contributed by atoms with Crippen molar-refractivity contribution in [3.63, 3.8) is 0 Å². The Bertz CT molecular complexity index is 306. The molecule has 0 aliphatic carbocycles. The molecule has 0 aromatic rings. The minimum atomic E-state index is -0.910. The molecule has 16 heavy (non-hydrogen) atoms. The van der Waals surface area contributed by atoms with Crippen LogP contribution in [0.2, 0.25) is 0 Å². The van der Waals surface area contributed by atoms with Crippen molar-refractivity contribution in [2.75, 3.05) is 6.54 Å². The van der Waals surface area contributed by atoms with Gasteiger partial charge >= 0.3 is 5.97 Å². The molecule has 1 rings (SSSR count). The average Bonchev–Trinajstić information content (AvgIpc) is 2.34. The molecule has 90 valence electrons. The molecule has 1 fully saturated rings. The van der Waals surface area contributed by atoms with E-state index in [9.17, 15) is 14.4 Å². The van der Waals surface area contributed by atoms with E-state index < -0.39 is 5.97 Å². The van der Waals surface area contributed by atoms with Crippen LogP contribution in [-0.4, -0.2) is 34.3 Å². The van der Waals surface area contributed by atoms with Gasteiger partial charge in [-0.2, -0.15) is 0 Å². The molecule has 1 aliphatic rings. The maximum atomic E-state index is 11.7. The first kappa shape index (κ1) is 12.7. The quantitative estimate of drug-likeness (QED) is 0.719. The topological polar surface area (TPSA) is 74.7 Å². The summed E-state index contributed by atoms with van der Waals surface area (Å²) in [5, 5.41) is 8.61. The van der Waals surface area contributed by atoms with Gasteiger partial charge in [0.2, 0.25) is 11.8 Å². The monoisotopic (exact) mass is 227 g/mol. The third-order valence-electron chi connectivity index (χ3n) is 3.08. The summed E-state index contributed by atoms with van der Waals surface area (Å²) in [6.07, 6.45) is -0.0280. The van der Waals surface area contributed by atoms with E-state index in [0.29, 0.717) is 0 Å². The molecule has 1 N–H and O–H groups in total. The van der Waals surface area contributed by atoms with Crippen LogP contribution in [0, 0.1) is 17.8 Å². The highest BCUT2D eigenvalue weighted by molar-refractivity contribution is 6.04. The number of carboxylic acid groups (broad SMARTS) is 1. The van der Waals surface area contributed by atoms with Crippen molar-refractivity contribution in [2.45, 2.75) is 27.2 Å². The van der Waals surface area contributed by atoms with Gasteiger partial charge in [-0.3, -0.25) is 19.3 Å². The number of likely N-dealkylation sites (tertiary alicyclic amines) is 1. The van der Waals surface area contributed by atoms with Crippen LogP contribution in [0.15, 0.2) is 0 Å². The molecular weight excluding hydrogens is 210 g/mol. The Hall–Kier alpha value is -1.39. The van der Waals surface area contributed by atoms with Crippen LogP contribution in [0.4, 0.5) is 0 Å². The minimum absolute atomic E-state index is 0.0280. The van der Waals surface area contributed by atoms with Crippen LogP contribution in [-0.2, 0) is 14.4 Å². The van der Waals surface area contributed by atoms with Gasteiger partial charge in [-0.25, -0.2) is 0 Å². The highest BCUT2D eigenvalue weighted by Crippen LogP contribution is 2.26. The molecule has 1 saturated heterocycles. The lowest BCUT2D eigenvalue weighted by atomic mass is 10.00. The van der Waals surface area contributed by atoms with Crippen molar-refractivity contribution in [1.29, 1.82) is 0 Å². The first-order valence-electron chi connectivity index (χ1n) is 5.41. The molecule has 0 aromatic carbocycles. The van der Waals surface area contributed by atoms with Crippen molar-refractivity contribution in [3.8, 4) is 0 Å². The van der Waals surface area contributed by atoms with Gasteiger partial charge in [0.05, 0.1) is 0 Å². The van der Waals surface area contributed by atoms with E-state index in [1.165, 1.54) is 4.90 Å². The van der Waals surface area contributed by atoms with E-state index in [2.05, 4.69) is 0 Å². The number of rotatable bonds is 4. The zero-order chi connectivity index (χ0) is 12.5. The van der Waals surface area contributed by atoms with Crippen molar-refractivity contribution in [3.05, 3.63) is 0 Å². The Labute approximate surface area is 94.4 Å². The lowest BCUT2D eigenvalue weighted by molar-refractivity contribution is -0.143. The molecule has 1 heterocycles. The van der Waals surface area contributed by atoms with E-state index in [1.54, 1.807) is 20.8 Å². The van der Waals surface area contributed by atoms with Gasteiger partial charge in [-0.05, 0) is 5.92 Å². The molecule has 0 radical (unpaired) electrons. The lowest BCUT2D eigenvalue weighted by Crippen LogP contribution is -2.35. The fourth-order valence-corrected chi connectivity index (χ4v) is 1.88.